The summed E-state index contributed by atoms with van der Waals surface area (Å²) in [4.78, 5) is 40.3. The summed E-state index contributed by atoms with van der Waals surface area (Å²) in [5.74, 6) is -1.33. The van der Waals surface area contributed by atoms with Gasteiger partial charge in [0.05, 0.1) is 24.5 Å². The lowest BCUT2D eigenvalue weighted by Gasteiger charge is -2.31. The zero-order chi connectivity index (χ0) is 30.0. The number of hydrogen-bond donors (Lipinski definition) is 1. The standard InChI is InChI=1S/C29H28Cl2FN7O3/c1-17-13-26(40)27(35-39(17)23-6-3-20(30)4-7-23)29(42)37-11-9-19(10-12-37)28(41)33-15-22-16-38(36-34-22)18(2)24-8-5-21(32)14-25(24)31/h3-8,13-14,16,18-19H,9-12,15H2,1-2H3,(H,33,41)/t18-/m0/s1. The molecule has 1 saturated heterocycles. The molecule has 1 atom stereocenters. The number of piperidine rings is 1. The van der Waals surface area contributed by atoms with Gasteiger partial charge in [-0.1, -0.05) is 34.5 Å². The molecule has 0 aliphatic carbocycles. The average molecular weight is 612 g/mol. The van der Waals surface area contributed by atoms with Crippen molar-refractivity contribution in [2.45, 2.75) is 39.3 Å². The first-order valence-corrected chi connectivity index (χ1v) is 14.2. The lowest BCUT2D eigenvalue weighted by atomic mass is 9.95. The predicted molar refractivity (Wildman–Crippen MR) is 155 cm³/mol. The van der Waals surface area contributed by atoms with Crippen LogP contribution < -0.4 is 10.7 Å². The van der Waals surface area contributed by atoms with Crippen LogP contribution in [0.5, 0.6) is 0 Å². The van der Waals surface area contributed by atoms with Gasteiger partial charge < -0.3 is 10.2 Å². The van der Waals surface area contributed by atoms with E-state index < -0.39 is 17.2 Å². The summed E-state index contributed by atoms with van der Waals surface area (Å²) in [5, 5.41) is 16.4. The van der Waals surface area contributed by atoms with E-state index in [0.29, 0.717) is 58.6 Å². The summed E-state index contributed by atoms with van der Waals surface area (Å²) >= 11 is 12.2. The number of likely N-dealkylation sites (tertiary alicyclic amines) is 1. The maximum atomic E-state index is 13.4. The van der Waals surface area contributed by atoms with E-state index in [4.69, 9.17) is 23.2 Å². The fraction of sp³-hybridized carbons (Fsp3) is 0.310. The molecule has 5 rings (SSSR count). The van der Waals surface area contributed by atoms with Gasteiger partial charge in [-0.3, -0.25) is 14.4 Å². The van der Waals surface area contributed by atoms with Gasteiger partial charge in [0.2, 0.25) is 11.3 Å². The first-order chi connectivity index (χ1) is 20.1. The van der Waals surface area contributed by atoms with E-state index in [0.717, 1.165) is 0 Å². The van der Waals surface area contributed by atoms with E-state index in [-0.39, 0.29) is 30.1 Å². The van der Waals surface area contributed by atoms with Crippen molar-refractivity contribution in [3.63, 3.8) is 0 Å². The van der Waals surface area contributed by atoms with Crippen molar-refractivity contribution in [3.8, 4) is 5.69 Å². The predicted octanol–water partition coefficient (Wildman–Crippen LogP) is 4.36. The minimum atomic E-state index is -0.464. The third-order valence-corrected chi connectivity index (χ3v) is 7.92. The van der Waals surface area contributed by atoms with Crippen molar-refractivity contribution < 1.29 is 14.0 Å². The monoisotopic (exact) mass is 611 g/mol. The van der Waals surface area contributed by atoms with Crippen LogP contribution in [0.3, 0.4) is 0 Å². The van der Waals surface area contributed by atoms with E-state index in [2.05, 4.69) is 20.7 Å². The van der Waals surface area contributed by atoms with Gasteiger partial charge >= 0.3 is 0 Å². The lowest BCUT2D eigenvalue weighted by Crippen LogP contribution is -2.44. The normalized spacial score (nSPS) is 14.5. The Hall–Kier alpha value is -4.09. The number of halogens is 3. The number of benzene rings is 2. The molecule has 0 radical (unpaired) electrons. The Morgan fingerprint density at radius 1 is 1.10 bits per heavy atom. The molecule has 1 fully saturated rings. The molecule has 218 valence electrons. The Kier molecular flexibility index (Phi) is 8.69. The second kappa shape index (κ2) is 12.4. The van der Waals surface area contributed by atoms with Gasteiger partial charge in [0.1, 0.15) is 11.5 Å². The molecule has 0 saturated carbocycles. The quantitative estimate of drug-likeness (QED) is 0.332. The number of carbonyl (C=O) groups excluding carboxylic acids is 2. The first kappa shape index (κ1) is 29.4. The average Bonchev–Trinajstić information content (AvgIpc) is 3.45. The molecular formula is C29H28Cl2FN7O3. The highest BCUT2D eigenvalue weighted by atomic mass is 35.5. The molecule has 13 heteroatoms. The Morgan fingerprint density at radius 2 is 1.81 bits per heavy atom. The van der Waals surface area contributed by atoms with Gasteiger partial charge in [-0.2, -0.15) is 5.10 Å². The molecule has 2 aromatic heterocycles. The molecule has 1 aliphatic heterocycles. The van der Waals surface area contributed by atoms with Crippen LogP contribution in [0.25, 0.3) is 5.69 Å². The van der Waals surface area contributed by atoms with Crippen LogP contribution in [-0.2, 0) is 11.3 Å². The van der Waals surface area contributed by atoms with Gasteiger partial charge in [0.25, 0.3) is 5.91 Å². The van der Waals surface area contributed by atoms with Crippen LogP contribution >= 0.6 is 23.2 Å². The van der Waals surface area contributed by atoms with Crippen LogP contribution in [0.15, 0.2) is 59.5 Å². The van der Waals surface area contributed by atoms with Gasteiger partial charge in [0.15, 0.2) is 5.69 Å². The SMILES string of the molecule is Cc1cc(=O)c(C(=O)N2CCC(C(=O)NCc3cn([C@@H](C)c4ccc(F)cc4Cl)nn3)CC2)nn1-c1ccc(Cl)cc1. The molecule has 4 aromatic rings. The minimum absolute atomic E-state index is 0.148. The first-order valence-electron chi connectivity index (χ1n) is 13.4. The number of carbonyl (C=O) groups is 2. The third kappa shape index (κ3) is 6.37. The summed E-state index contributed by atoms with van der Waals surface area (Å²) in [6.45, 7) is 4.42. The Labute approximate surface area is 251 Å². The van der Waals surface area contributed by atoms with Crippen LogP contribution in [0.4, 0.5) is 4.39 Å². The summed E-state index contributed by atoms with van der Waals surface area (Å²) in [6, 6.07) is 12.2. The second-order valence-electron chi connectivity index (χ2n) is 10.2. The van der Waals surface area contributed by atoms with Gasteiger partial charge in [-0.25, -0.2) is 13.8 Å². The van der Waals surface area contributed by atoms with Crippen molar-refractivity contribution in [2.24, 2.45) is 5.92 Å². The van der Waals surface area contributed by atoms with Gasteiger partial charge in [-0.05, 0) is 68.7 Å². The lowest BCUT2D eigenvalue weighted by molar-refractivity contribution is -0.126. The Bertz CT molecular complexity index is 1680. The number of amides is 2. The Morgan fingerprint density at radius 3 is 2.50 bits per heavy atom. The van der Waals surface area contributed by atoms with E-state index in [1.807, 2.05) is 6.92 Å². The fourth-order valence-electron chi connectivity index (χ4n) is 4.92. The summed E-state index contributed by atoms with van der Waals surface area (Å²) < 4.78 is 16.5. The molecule has 2 aromatic carbocycles. The zero-order valence-corrected chi connectivity index (χ0v) is 24.4. The maximum absolute atomic E-state index is 13.4. The Balaban J connectivity index is 1.16. The van der Waals surface area contributed by atoms with Crippen LogP contribution in [0.1, 0.15) is 53.2 Å². The van der Waals surface area contributed by atoms with E-state index in [1.54, 1.807) is 53.0 Å². The van der Waals surface area contributed by atoms with Crippen molar-refractivity contribution in [1.82, 2.24) is 35.0 Å². The molecular weight excluding hydrogens is 584 g/mol. The van der Waals surface area contributed by atoms with Crippen molar-refractivity contribution in [3.05, 3.63) is 103 Å². The summed E-state index contributed by atoms with van der Waals surface area (Å²) in [6.07, 6.45) is 2.60. The number of rotatable bonds is 7. The fourth-order valence-corrected chi connectivity index (χ4v) is 5.37. The molecule has 3 heterocycles. The van der Waals surface area contributed by atoms with Gasteiger partial charge in [0, 0.05) is 40.8 Å². The maximum Gasteiger partial charge on any atom is 0.278 e. The van der Waals surface area contributed by atoms with Crippen LogP contribution in [0.2, 0.25) is 10.0 Å². The van der Waals surface area contributed by atoms with Crippen molar-refractivity contribution in [2.75, 3.05) is 13.1 Å². The molecule has 0 unspecified atom stereocenters. The smallest absolute Gasteiger partial charge is 0.278 e. The second-order valence-corrected chi connectivity index (χ2v) is 11.0. The molecule has 1 aliphatic rings. The summed E-state index contributed by atoms with van der Waals surface area (Å²) in [7, 11) is 0. The van der Waals surface area contributed by atoms with E-state index in [1.165, 1.54) is 22.9 Å². The largest absolute Gasteiger partial charge is 0.350 e. The number of aromatic nitrogens is 5. The molecule has 2 amide bonds. The van der Waals surface area contributed by atoms with E-state index >= 15 is 0 Å². The van der Waals surface area contributed by atoms with Crippen LogP contribution in [-0.4, -0.2) is 54.6 Å². The summed E-state index contributed by atoms with van der Waals surface area (Å²) in [5.41, 5.74) is 1.90. The highest BCUT2D eigenvalue weighted by molar-refractivity contribution is 6.31. The van der Waals surface area contributed by atoms with E-state index in [9.17, 15) is 18.8 Å². The molecule has 42 heavy (non-hydrogen) atoms. The molecule has 0 spiro atoms. The third-order valence-electron chi connectivity index (χ3n) is 7.35. The van der Waals surface area contributed by atoms with Crippen LogP contribution in [0, 0.1) is 18.7 Å². The minimum Gasteiger partial charge on any atom is -0.350 e. The topological polar surface area (TPSA) is 115 Å². The highest BCUT2D eigenvalue weighted by Crippen LogP contribution is 2.26. The highest BCUT2D eigenvalue weighted by Gasteiger charge is 2.30. The number of nitrogens with zero attached hydrogens (tertiary/aromatic N) is 6. The van der Waals surface area contributed by atoms with Crippen molar-refractivity contribution >= 4 is 35.0 Å². The van der Waals surface area contributed by atoms with Gasteiger partial charge in [-0.15, -0.1) is 5.10 Å². The number of nitrogens with one attached hydrogen (secondary N) is 1. The molecule has 1 N–H and O–H groups in total. The number of aryl methyl sites for hydroxylation is 1. The number of hydrogen-bond acceptors (Lipinski definition) is 6. The zero-order valence-electron chi connectivity index (χ0n) is 22.9. The molecule has 0 bridgehead atoms. The van der Waals surface area contributed by atoms with Crippen molar-refractivity contribution in [1.29, 1.82) is 0 Å². The molecule has 10 nitrogen and oxygen atoms in total.